The van der Waals surface area contributed by atoms with Crippen LogP contribution in [0.25, 0.3) is 5.82 Å². The van der Waals surface area contributed by atoms with Gasteiger partial charge in [0.2, 0.25) is 0 Å². The van der Waals surface area contributed by atoms with Crippen molar-refractivity contribution in [2.24, 2.45) is 0 Å². The molecule has 7 nitrogen and oxygen atoms in total. The third kappa shape index (κ3) is 1.59. The van der Waals surface area contributed by atoms with Gasteiger partial charge in [0.05, 0.1) is 5.69 Å². The minimum Gasteiger partial charge on any atom is -0.274 e. The Kier molecular flexibility index (Phi) is 2.17. The minimum absolute atomic E-state index is 0.410. The molecule has 17 heavy (non-hydrogen) atoms. The minimum atomic E-state index is -0.480. The molecule has 0 amide bonds. The van der Waals surface area contributed by atoms with Crippen LogP contribution in [-0.4, -0.2) is 24.5 Å². The van der Waals surface area contributed by atoms with Gasteiger partial charge in [-0.1, -0.05) is 5.21 Å². The maximum atomic E-state index is 11.7. The van der Waals surface area contributed by atoms with Gasteiger partial charge in [-0.05, 0) is 19.3 Å². The molecule has 7 heteroatoms. The van der Waals surface area contributed by atoms with Crippen LogP contribution in [0, 0.1) is 0 Å². The predicted molar refractivity (Wildman–Crippen MR) is 59.2 cm³/mol. The molecule has 0 radical (unpaired) electrons. The molecule has 2 aromatic heterocycles. The van der Waals surface area contributed by atoms with Crippen LogP contribution < -0.4 is 11.2 Å². The smallest absolute Gasteiger partial charge is 0.274 e. The summed E-state index contributed by atoms with van der Waals surface area (Å²) in [7, 11) is 0. The topological polar surface area (TPSA) is 85.6 Å². The maximum absolute atomic E-state index is 11.7. The molecular weight excluding hydrogens is 222 g/mol. The van der Waals surface area contributed by atoms with Crippen LogP contribution >= 0.6 is 0 Å². The highest BCUT2D eigenvalue weighted by atomic mass is 16.2. The van der Waals surface area contributed by atoms with Crippen molar-refractivity contribution in [3.05, 3.63) is 38.8 Å². The first-order valence-electron chi connectivity index (χ1n) is 5.50. The summed E-state index contributed by atoms with van der Waals surface area (Å²) in [6.07, 6.45) is 4.43. The van der Waals surface area contributed by atoms with Crippen molar-refractivity contribution in [1.82, 2.24) is 24.5 Å². The molecule has 1 aliphatic heterocycles. The number of nitrogens with one attached hydrogen (secondary N) is 1. The molecule has 88 valence electrons. The molecule has 3 rings (SSSR count). The van der Waals surface area contributed by atoms with Gasteiger partial charge >= 0.3 is 5.69 Å². The zero-order chi connectivity index (χ0) is 11.8. The fourth-order valence-corrected chi connectivity index (χ4v) is 2.07. The summed E-state index contributed by atoms with van der Waals surface area (Å²) in [5.41, 5.74) is 0.0593. The van der Waals surface area contributed by atoms with Crippen LogP contribution in [0.15, 0.2) is 21.9 Å². The number of aromatic nitrogens is 5. The van der Waals surface area contributed by atoms with Crippen LogP contribution in [0.4, 0.5) is 0 Å². The van der Waals surface area contributed by atoms with Crippen molar-refractivity contribution in [2.45, 2.75) is 25.8 Å². The molecular formula is C10H11N5O2. The molecule has 1 aliphatic rings. The van der Waals surface area contributed by atoms with Gasteiger partial charge in [0.1, 0.15) is 0 Å². The number of hydrogen-bond acceptors (Lipinski definition) is 4. The van der Waals surface area contributed by atoms with Crippen LogP contribution in [0.3, 0.4) is 0 Å². The van der Waals surface area contributed by atoms with Crippen LogP contribution in [-0.2, 0) is 13.0 Å². The highest BCUT2D eigenvalue weighted by molar-refractivity contribution is 5.28. The van der Waals surface area contributed by atoms with E-state index in [9.17, 15) is 9.59 Å². The van der Waals surface area contributed by atoms with Crippen molar-refractivity contribution < 1.29 is 0 Å². The average molecular weight is 233 g/mol. The van der Waals surface area contributed by atoms with Gasteiger partial charge in [0.15, 0.2) is 5.82 Å². The van der Waals surface area contributed by atoms with E-state index >= 15 is 0 Å². The van der Waals surface area contributed by atoms with Gasteiger partial charge in [-0.3, -0.25) is 9.78 Å². The second-order valence-corrected chi connectivity index (χ2v) is 4.02. The highest BCUT2D eigenvalue weighted by Crippen LogP contribution is 2.17. The SMILES string of the molecule is O=c1ccn(-c2nnn3c2CCCC3)c(=O)[nH]1. The first-order chi connectivity index (χ1) is 8.25. The van der Waals surface area contributed by atoms with Crippen LogP contribution in [0.1, 0.15) is 18.5 Å². The van der Waals surface area contributed by atoms with E-state index in [2.05, 4.69) is 15.3 Å². The highest BCUT2D eigenvalue weighted by Gasteiger charge is 2.18. The molecule has 0 atom stereocenters. The molecule has 0 saturated heterocycles. The molecule has 1 N–H and O–H groups in total. The van der Waals surface area contributed by atoms with E-state index in [4.69, 9.17) is 0 Å². The van der Waals surface area contributed by atoms with E-state index in [0.717, 1.165) is 31.5 Å². The molecule has 3 heterocycles. The van der Waals surface area contributed by atoms with Gasteiger partial charge in [0.25, 0.3) is 5.56 Å². The Bertz CT molecular complexity index is 666. The van der Waals surface area contributed by atoms with Crippen molar-refractivity contribution >= 4 is 0 Å². The first kappa shape index (κ1) is 10.0. The molecule has 0 aromatic carbocycles. The molecule has 0 saturated carbocycles. The molecule has 0 fully saturated rings. The van der Waals surface area contributed by atoms with Crippen molar-refractivity contribution in [2.75, 3.05) is 0 Å². The monoisotopic (exact) mass is 233 g/mol. The number of aryl methyl sites for hydroxylation is 1. The van der Waals surface area contributed by atoms with Crippen molar-refractivity contribution in [3.63, 3.8) is 0 Å². The first-order valence-corrected chi connectivity index (χ1v) is 5.50. The zero-order valence-corrected chi connectivity index (χ0v) is 9.09. The summed E-state index contributed by atoms with van der Waals surface area (Å²) in [5, 5.41) is 8.02. The largest absolute Gasteiger partial charge is 0.334 e. The molecule has 0 spiro atoms. The van der Waals surface area contributed by atoms with Gasteiger partial charge in [-0.2, -0.15) is 0 Å². The summed E-state index contributed by atoms with van der Waals surface area (Å²) in [6.45, 7) is 0.834. The molecule has 0 aliphatic carbocycles. The zero-order valence-electron chi connectivity index (χ0n) is 9.09. The number of nitrogens with zero attached hydrogens (tertiary/aromatic N) is 4. The van der Waals surface area contributed by atoms with Gasteiger partial charge in [0, 0.05) is 18.8 Å². The summed E-state index contributed by atoms with van der Waals surface area (Å²) >= 11 is 0. The lowest BCUT2D eigenvalue weighted by Gasteiger charge is -2.13. The lowest BCUT2D eigenvalue weighted by molar-refractivity contribution is 0.476. The maximum Gasteiger partial charge on any atom is 0.334 e. The quantitative estimate of drug-likeness (QED) is 0.716. The molecule has 2 aromatic rings. The lowest BCUT2D eigenvalue weighted by atomic mass is 10.1. The molecule has 0 bridgehead atoms. The van der Waals surface area contributed by atoms with E-state index in [-0.39, 0.29) is 0 Å². The Morgan fingerprint density at radius 2 is 2.18 bits per heavy atom. The summed E-state index contributed by atoms with van der Waals surface area (Å²) in [4.78, 5) is 24.9. The van der Waals surface area contributed by atoms with Crippen molar-refractivity contribution in [3.8, 4) is 5.82 Å². The molecule has 0 unspecified atom stereocenters. The van der Waals surface area contributed by atoms with Crippen LogP contribution in [0.2, 0.25) is 0 Å². The van der Waals surface area contributed by atoms with Gasteiger partial charge < -0.3 is 0 Å². The standard InChI is InChI=1S/C10H11N5O2/c16-8-4-6-14(10(17)11-8)9-7-3-1-2-5-15(7)13-12-9/h4,6H,1-3,5H2,(H,11,16,17). The fourth-order valence-electron chi connectivity index (χ4n) is 2.07. The predicted octanol–water partition coefficient (Wildman–Crippen LogP) is -0.546. The van der Waals surface area contributed by atoms with E-state index in [1.54, 1.807) is 0 Å². The summed E-state index contributed by atoms with van der Waals surface area (Å²) in [5.74, 6) is 0.519. The van der Waals surface area contributed by atoms with Gasteiger partial charge in [-0.15, -0.1) is 5.10 Å². The fraction of sp³-hybridized carbons (Fsp3) is 0.400. The Balaban J connectivity index is 2.19. The number of rotatable bonds is 1. The average Bonchev–Trinajstić information content (AvgIpc) is 2.73. The third-order valence-corrected chi connectivity index (χ3v) is 2.90. The normalized spacial score (nSPS) is 14.6. The van der Waals surface area contributed by atoms with Crippen molar-refractivity contribution in [1.29, 1.82) is 0 Å². The van der Waals surface area contributed by atoms with E-state index in [1.807, 2.05) is 4.68 Å². The number of fused-ring (bicyclic) bond motifs is 1. The summed E-state index contributed by atoms with van der Waals surface area (Å²) < 4.78 is 3.14. The Morgan fingerprint density at radius 3 is 3.00 bits per heavy atom. The Morgan fingerprint density at radius 1 is 1.29 bits per heavy atom. The van der Waals surface area contributed by atoms with E-state index < -0.39 is 11.2 Å². The number of H-pyrrole nitrogens is 1. The van der Waals surface area contributed by atoms with Crippen LogP contribution in [0.5, 0.6) is 0 Å². The van der Waals surface area contributed by atoms with Gasteiger partial charge in [-0.25, -0.2) is 14.0 Å². The second kappa shape index (κ2) is 3.69. The Labute approximate surface area is 95.7 Å². The Hall–Kier alpha value is -2.18. The number of hydrogen-bond donors (Lipinski definition) is 1. The summed E-state index contributed by atoms with van der Waals surface area (Å²) in [6, 6.07) is 1.30. The second-order valence-electron chi connectivity index (χ2n) is 4.02. The third-order valence-electron chi connectivity index (χ3n) is 2.90. The van der Waals surface area contributed by atoms with E-state index in [0.29, 0.717) is 5.82 Å². The number of aromatic amines is 1. The lowest BCUT2D eigenvalue weighted by Crippen LogP contribution is -2.28. The van der Waals surface area contributed by atoms with E-state index in [1.165, 1.54) is 16.8 Å².